The Bertz CT molecular complexity index is 878. The van der Waals surface area contributed by atoms with Crippen LogP contribution in [-0.4, -0.2) is 28.0 Å². The lowest BCUT2D eigenvalue weighted by Crippen LogP contribution is -2.29. The molecule has 1 saturated heterocycles. The Labute approximate surface area is 151 Å². The Morgan fingerprint density at radius 1 is 1.12 bits per heavy atom. The number of hydrogen-bond acceptors (Lipinski definition) is 5. The fourth-order valence-electron chi connectivity index (χ4n) is 3.18. The number of benzene rings is 1. The Kier molecular flexibility index (Phi) is 4.84. The van der Waals surface area contributed by atoms with Crippen molar-refractivity contribution in [2.45, 2.75) is 18.8 Å². The molecule has 26 heavy (non-hydrogen) atoms. The fraction of sp³-hybridized carbons (Fsp3) is 0.250. The molecule has 1 atom stereocenters. The second kappa shape index (κ2) is 7.58. The number of anilines is 2. The predicted octanol–water partition coefficient (Wildman–Crippen LogP) is 3.89. The van der Waals surface area contributed by atoms with Crippen LogP contribution in [0.25, 0.3) is 11.4 Å². The monoisotopic (exact) mass is 349 g/mol. The van der Waals surface area contributed by atoms with Crippen molar-refractivity contribution < 1.29 is 4.39 Å². The van der Waals surface area contributed by atoms with Gasteiger partial charge in [0.2, 0.25) is 0 Å². The molecule has 3 heterocycles. The molecule has 0 bridgehead atoms. The SMILES string of the molecule is Fc1cccc(Nc2cc(C3CCCNC3)nc(-c3cccnc3)n2)c1. The minimum Gasteiger partial charge on any atom is -0.340 e. The van der Waals surface area contributed by atoms with Crippen molar-refractivity contribution in [1.29, 1.82) is 0 Å². The number of hydrogen-bond donors (Lipinski definition) is 2. The quantitative estimate of drug-likeness (QED) is 0.748. The number of rotatable bonds is 4. The summed E-state index contributed by atoms with van der Waals surface area (Å²) in [5.74, 6) is 1.34. The number of aromatic nitrogens is 3. The van der Waals surface area contributed by atoms with E-state index in [4.69, 9.17) is 4.98 Å². The Balaban J connectivity index is 1.72. The number of nitrogens with zero attached hydrogens (tertiary/aromatic N) is 3. The summed E-state index contributed by atoms with van der Waals surface area (Å²) >= 11 is 0. The van der Waals surface area contributed by atoms with E-state index in [1.807, 2.05) is 24.3 Å². The van der Waals surface area contributed by atoms with E-state index in [0.717, 1.165) is 37.2 Å². The van der Waals surface area contributed by atoms with Gasteiger partial charge >= 0.3 is 0 Å². The van der Waals surface area contributed by atoms with Crippen LogP contribution >= 0.6 is 0 Å². The smallest absolute Gasteiger partial charge is 0.163 e. The van der Waals surface area contributed by atoms with Crippen molar-refractivity contribution in [2.75, 3.05) is 18.4 Å². The summed E-state index contributed by atoms with van der Waals surface area (Å²) < 4.78 is 13.5. The van der Waals surface area contributed by atoms with E-state index < -0.39 is 0 Å². The highest BCUT2D eigenvalue weighted by Gasteiger charge is 2.19. The van der Waals surface area contributed by atoms with Gasteiger partial charge in [-0.2, -0.15) is 0 Å². The molecule has 0 amide bonds. The standard InChI is InChI=1S/C20H20FN5/c21-16-6-1-7-17(10-16)24-19-11-18(14-4-2-8-22-12-14)25-20(26-19)15-5-3-9-23-13-15/h1,3,5-7,9-11,13-14,22H,2,4,8,12H2,(H,24,25,26). The number of halogens is 1. The number of piperidine rings is 1. The van der Waals surface area contributed by atoms with E-state index in [2.05, 4.69) is 20.6 Å². The minimum absolute atomic E-state index is 0.284. The normalized spacial score (nSPS) is 17.0. The second-order valence-corrected chi connectivity index (χ2v) is 6.42. The molecule has 1 aliphatic rings. The fourth-order valence-corrected chi connectivity index (χ4v) is 3.18. The van der Waals surface area contributed by atoms with Gasteiger partial charge in [-0.25, -0.2) is 14.4 Å². The first-order valence-electron chi connectivity index (χ1n) is 8.80. The van der Waals surface area contributed by atoms with E-state index in [-0.39, 0.29) is 5.82 Å². The lowest BCUT2D eigenvalue weighted by molar-refractivity contribution is 0.454. The molecule has 1 aliphatic heterocycles. The van der Waals surface area contributed by atoms with Crippen LogP contribution in [0.2, 0.25) is 0 Å². The zero-order valence-corrected chi connectivity index (χ0v) is 14.3. The molecule has 0 aliphatic carbocycles. The summed E-state index contributed by atoms with van der Waals surface area (Å²) in [6, 6.07) is 12.1. The highest BCUT2D eigenvalue weighted by molar-refractivity contribution is 5.61. The molecule has 5 nitrogen and oxygen atoms in total. The maximum atomic E-state index is 13.5. The van der Waals surface area contributed by atoms with Crippen LogP contribution in [-0.2, 0) is 0 Å². The molecular weight excluding hydrogens is 329 g/mol. The first-order valence-corrected chi connectivity index (χ1v) is 8.80. The summed E-state index contributed by atoms with van der Waals surface area (Å²) in [5, 5.41) is 6.63. The second-order valence-electron chi connectivity index (χ2n) is 6.42. The zero-order chi connectivity index (χ0) is 17.8. The van der Waals surface area contributed by atoms with Gasteiger partial charge in [0.15, 0.2) is 5.82 Å². The van der Waals surface area contributed by atoms with Gasteiger partial charge in [0.1, 0.15) is 11.6 Å². The first-order chi connectivity index (χ1) is 12.8. The first kappa shape index (κ1) is 16.6. The molecule has 0 spiro atoms. The van der Waals surface area contributed by atoms with E-state index in [1.165, 1.54) is 12.1 Å². The van der Waals surface area contributed by atoms with Crippen LogP contribution < -0.4 is 10.6 Å². The highest BCUT2D eigenvalue weighted by Crippen LogP contribution is 2.27. The third-order valence-corrected chi connectivity index (χ3v) is 4.48. The van der Waals surface area contributed by atoms with Gasteiger partial charge in [0.05, 0.1) is 5.69 Å². The molecule has 0 radical (unpaired) electrons. The van der Waals surface area contributed by atoms with Crippen LogP contribution in [0.5, 0.6) is 0 Å². The van der Waals surface area contributed by atoms with Gasteiger partial charge in [-0.15, -0.1) is 0 Å². The molecule has 4 rings (SSSR count). The average molecular weight is 349 g/mol. The summed E-state index contributed by atoms with van der Waals surface area (Å²) in [7, 11) is 0. The van der Waals surface area contributed by atoms with E-state index >= 15 is 0 Å². The third-order valence-electron chi connectivity index (χ3n) is 4.48. The number of pyridine rings is 1. The van der Waals surface area contributed by atoms with Crippen LogP contribution in [0.4, 0.5) is 15.9 Å². The van der Waals surface area contributed by atoms with Crippen molar-refractivity contribution in [1.82, 2.24) is 20.3 Å². The topological polar surface area (TPSA) is 62.7 Å². The Morgan fingerprint density at radius 3 is 2.85 bits per heavy atom. The van der Waals surface area contributed by atoms with Crippen LogP contribution in [0.15, 0.2) is 54.9 Å². The van der Waals surface area contributed by atoms with E-state index in [9.17, 15) is 4.39 Å². The molecule has 1 unspecified atom stereocenters. The average Bonchev–Trinajstić information content (AvgIpc) is 2.69. The lowest BCUT2D eigenvalue weighted by Gasteiger charge is -2.23. The molecule has 1 aromatic carbocycles. The van der Waals surface area contributed by atoms with Gasteiger partial charge in [-0.05, 0) is 49.7 Å². The van der Waals surface area contributed by atoms with Crippen LogP contribution in [0.1, 0.15) is 24.5 Å². The van der Waals surface area contributed by atoms with Gasteiger partial charge in [0.25, 0.3) is 0 Å². The zero-order valence-electron chi connectivity index (χ0n) is 14.3. The minimum atomic E-state index is -0.284. The summed E-state index contributed by atoms with van der Waals surface area (Å²) in [6.45, 7) is 1.95. The molecule has 2 aromatic heterocycles. The molecule has 2 N–H and O–H groups in total. The van der Waals surface area contributed by atoms with Crippen LogP contribution in [0.3, 0.4) is 0 Å². The van der Waals surface area contributed by atoms with Crippen molar-refractivity contribution >= 4 is 11.5 Å². The van der Waals surface area contributed by atoms with Gasteiger partial charge in [-0.3, -0.25) is 4.98 Å². The third kappa shape index (κ3) is 3.86. The van der Waals surface area contributed by atoms with Gasteiger partial charge in [-0.1, -0.05) is 6.07 Å². The van der Waals surface area contributed by atoms with Crippen molar-refractivity contribution in [3.05, 3.63) is 66.4 Å². The maximum absolute atomic E-state index is 13.5. The summed E-state index contributed by atoms with van der Waals surface area (Å²) in [4.78, 5) is 13.6. The van der Waals surface area contributed by atoms with Crippen LogP contribution in [0, 0.1) is 5.82 Å². The van der Waals surface area contributed by atoms with Crippen molar-refractivity contribution in [2.24, 2.45) is 0 Å². The summed E-state index contributed by atoms with van der Waals surface area (Å²) in [5.41, 5.74) is 2.51. The molecular formula is C20H20FN5. The van der Waals surface area contributed by atoms with Crippen molar-refractivity contribution in [3.8, 4) is 11.4 Å². The van der Waals surface area contributed by atoms with Gasteiger partial charge < -0.3 is 10.6 Å². The van der Waals surface area contributed by atoms with Gasteiger partial charge in [0, 0.05) is 42.2 Å². The van der Waals surface area contributed by atoms with E-state index in [0.29, 0.717) is 23.2 Å². The lowest BCUT2D eigenvalue weighted by atomic mass is 9.95. The van der Waals surface area contributed by atoms with Crippen molar-refractivity contribution in [3.63, 3.8) is 0 Å². The molecule has 6 heteroatoms. The maximum Gasteiger partial charge on any atom is 0.163 e. The summed E-state index contributed by atoms with van der Waals surface area (Å²) in [6.07, 6.45) is 5.70. The molecule has 1 fully saturated rings. The Morgan fingerprint density at radius 2 is 2.08 bits per heavy atom. The number of nitrogens with one attached hydrogen (secondary N) is 2. The Hall–Kier alpha value is -2.86. The highest BCUT2D eigenvalue weighted by atomic mass is 19.1. The van der Waals surface area contributed by atoms with E-state index in [1.54, 1.807) is 18.5 Å². The largest absolute Gasteiger partial charge is 0.340 e. The molecule has 3 aromatic rings. The molecule has 0 saturated carbocycles. The predicted molar refractivity (Wildman–Crippen MR) is 99.8 cm³/mol. The molecule has 132 valence electrons.